The van der Waals surface area contributed by atoms with Crippen molar-refractivity contribution in [2.45, 2.75) is 43.4 Å². The summed E-state index contributed by atoms with van der Waals surface area (Å²) in [5, 5.41) is 0.475. The Hall–Kier alpha value is -2.88. The van der Waals surface area contributed by atoms with Crippen LogP contribution in [-0.2, 0) is 15.6 Å². The topological polar surface area (TPSA) is 90.4 Å². The molecule has 0 spiro atoms. The summed E-state index contributed by atoms with van der Waals surface area (Å²) in [5.41, 5.74) is 8.85. The van der Waals surface area contributed by atoms with Crippen LogP contribution in [0.1, 0.15) is 43.2 Å². The van der Waals surface area contributed by atoms with E-state index in [9.17, 15) is 13.2 Å². The molecule has 4 rings (SSSR count). The van der Waals surface area contributed by atoms with E-state index in [4.69, 9.17) is 10.2 Å². The van der Waals surface area contributed by atoms with Gasteiger partial charge in [-0.05, 0) is 42.2 Å². The van der Waals surface area contributed by atoms with E-state index in [2.05, 4.69) is 11.8 Å². The number of hydrogen-bond donors (Lipinski definition) is 1. The lowest BCUT2D eigenvalue weighted by Crippen LogP contribution is -2.40. The molecule has 0 amide bonds. The van der Waals surface area contributed by atoms with Crippen molar-refractivity contribution >= 4 is 20.8 Å². The zero-order valence-corrected chi connectivity index (χ0v) is 18.3. The first-order valence-corrected chi connectivity index (χ1v) is 12.4. The van der Waals surface area contributed by atoms with Crippen molar-refractivity contribution in [3.63, 3.8) is 0 Å². The van der Waals surface area contributed by atoms with Gasteiger partial charge in [0.05, 0.1) is 22.2 Å². The predicted octanol–water partition coefficient (Wildman–Crippen LogP) is 4.02. The van der Waals surface area contributed by atoms with Crippen molar-refractivity contribution in [2.75, 3.05) is 6.26 Å². The van der Waals surface area contributed by atoms with E-state index < -0.39 is 15.4 Å². The molecule has 1 fully saturated rings. The third kappa shape index (κ3) is 5.07. The Morgan fingerprint density at radius 3 is 2.45 bits per heavy atom. The molecule has 2 aromatic carbocycles. The fourth-order valence-electron chi connectivity index (χ4n) is 3.99. The van der Waals surface area contributed by atoms with E-state index in [0.717, 1.165) is 31.2 Å². The molecule has 0 bridgehead atoms. The van der Waals surface area contributed by atoms with Crippen LogP contribution in [0.4, 0.5) is 0 Å². The van der Waals surface area contributed by atoms with Gasteiger partial charge < -0.3 is 10.2 Å². The molecule has 6 heteroatoms. The standard InChI is InChI=1S/C25H25NO4S/c1-31(28,29)17-19-5-8-20(9-6-19)22-16-30-23-15-18(7-10-21(23)24(22)27)11-14-25(26)12-3-2-4-13-25/h5-10,15-16H,2-4,12-13,17,26H2,1H3. The largest absolute Gasteiger partial charge is 0.463 e. The Bertz CT molecular complexity index is 1340. The Morgan fingerprint density at radius 2 is 1.77 bits per heavy atom. The molecule has 5 nitrogen and oxygen atoms in total. The molecule has 0 unspecified atom stereocenters. The van der Waals surface area contributed by atoms with Gasteiger partial charge in [0.1, 0.15) is 11.8 Å². The Labute approximate surface area is 182 Å². The van der Waals surface area contributed by atoms with Gasteiger partial charge in [0.2, 0.25) is 0 Å². The molecule has 1 aliphatic carbocycles. The summed E-state index contributed by atoms with van der Waals surface area (Å²) in [4.78, 5) is 13.0. The van der Waals surface area contributed by atoms with Gasteiger partial charge >= 0.3 is 0 Å². The molecule has 0 aliphatic heterocycles. The van der Waals surface area contributed by atoms with Crippen LogP contribution in [0, 0.1) is 11.8 Å². The Kier molecular flexibility index (Phi) is 5.74. The van der Waals surface area contributed by atoms with Gasteiger partial charge in [-0.1, -0.05) is 55.4 Å². The summed E-state index contributed by atoms with van der Waals surface area (Å²) in [5.74, 6) is 6.33. The van der Waals surface area contributed by atoms with Gasteiger partial charge in [-0.3, -0.25) is 4.79 Å². The number of rotatable bonds is 3. The maximum atomic E-state index is 13.0. The van der Waals surface area contributed by atoms with E-state index in [0.29, 0.717) is 27.7 Å². The lowest BCUT2D eigenvalue weighted by atomic mass is 9.83. The first-order chi connectivity index (χ1) is 14.7. The lowest BCUT2D eigenvalue weighted by Gasteiger charge is -2.27. The normalized spacial score (nSPS) is 15.9. The SMILES string of the molecule is CS(=O)(=O)Cc1ccc(-c2coc3cc(C#CC4(N)CCCCC4)ccc3c2=O)cc1. The van der Waals surface area contributed by atoms with Crippen LogP contribution in [-0.4, -0.2) is 20.2 Å². The molecule has 1 heterocycles. The van der Waals surface area contributed by atoms with E-state index in [1.807, 2.05) is 6.07 Å². The summed E-state index contributed by atoms with van der Waals surface area (Å²) < 4.78 is 28.7. The van der Waals surface area contributed by atoms with Crippen molar-refractivity contribution in [2.24, 2.45) is 5.73 Å². The zero-order valence-electron chi connectivity index (χ0n) is 17.5. The molecule has 2 N–H and O–H groups in total. The molecule has 0 radical (unpaired) electrons. The summed E-state index contributed by atoms with van der Waals surface area (Å²) >= 11 is 0. The molecule has 1 saturated carbocycles. The highest BCUT2D eigenvalue weighted by atomic mass is 32.2. The number of nitrogens with two attached hydrogens (primary N) is 1. The lowest BCUT2D eigenvalue weighted by molar-refractivity contribution is 0.370. The fraction of sp³-hybridized carbons (Fsp3) is 0.320. The van der Waals surface area contributed by atoms with Gasteiger partial charge in [0.25, 0.3) is 0 Å². The third-order valence-electron chi connectivity index (χ3n) is 5.67. The zero-order chi connectivity index (χ0) is 22.1. The minimum Gasteiger partial charge on any atom is -0.463 e. The van der Waals surface area contributed by atoms with Crippen molar-refractivity contribution in [1.82, 2.24) is 0 Å². The minimum atomic E-state index is -3.11. The molecular formula is C25H25NO4S. The highest BCUT2D eigenvalue weighted by Gasteiger charge is 2.24. The van der Waals surface area contributed by atoms with Crippen molar-refractivity contribution in [3.05, 3.63) is 70.1 Å². The third-order valence-corrected chi connectivity index (χ3v) is 6.53. The second-order valence-corrected chi connectivity index (χ2v) is 10.6. The smallest absolute Gasteiger partial charge is 0.200 e. The second-order valence-electron chi connectivity index (χ2n) is 8.42. The molecule has 1 aliphatic rings. The number of sulfone groups is 1. The van der Waals surface area contributed by atoms with Crippen LogP contribution in [0.15, 0.2) is 57.9 Å². The van der Waals surface area contributed by atoms with Crippen LogP contribution in [0.2, 0.25) is 0 Å². The molecule has 3 aromatic rings. The van der Waals surface area contributed by atoms with Gasteiger partial charge in [-0.2, -0.15) is 0 Å². The molecule has 1 aromatic heterocycles. The summed E-state index contributed by atoms with van der Waals surface area (Å²) in [6, 6.07) is 12.2. The maximum absolute atomic E-state index is 13.0. The van der Waals surface area contributed by atoms with Crippen LogP contribution in [0.25, 0.3) is 22.1 Å². The van der Waals surface area contributed by atoms with Crippen molar-refractivity contribution in [1.29, 1.82) is 0 Å². The van der Waals surface area contributed by atoms with E-state index in [-0.39, 0.29) is 11.2 Å². The van der Waals surface area contributed by atoms with Crippen LogP contribution in [0.3, 0.4) is 0 Å². The van der Waals surface area contributed by atoms with Gasteiger partial charge in [0.15, 0.2) is 15.3 Å². The van der Waals surface area contributed by atoms with E-state index in [1.165, 1.54) is 18.9 Å². The Morgan fingerprint density at radius 1 is 1.06 bits per heavy atom. The number of benzene rings is 2. The van der Waals surface area contributed by atoms with Crippen LogP contribution < -0.4 is 11.2 Å². The highest BCUT2D eigenvalue weighted by Crippen LogP contribution is 2.25. The second kappa shape index (κ2) is 8.33. The maximum Gasteiger partial charge on any atom is 0.200 e. The number of fused-ring (bicyclic) bond motifs is 1. The highest BCUT2D eigenvalue weighted by molar-refractivity contribution is 7.89. The molecule has 0 saturated heterocycles. The number of hydrogen-bond acceptors (Lipinski definition) is 5. The van der Waals surface area contributed by atoms with Crippen LogP contribution >= 0.6 is 0 Å². The quantitative estimate of drug-likeness (QED) is 0.628. The van der Waals surface area contributed by atoms with Gasteiger partial charge in [0, 0.05) is 11.8 Å². The molecular weight excluding hydrogens is 410 g/mol. The first kappa shape index (κ1) is 21.4. The fourth-order valence-corrected chi connectivity index (χ4v) is 4.79. The summed E-state index contributed by atoms with van der Waals surface area (Å²) in [7, 11) is -3.11. The molecule has 0 atom stereocenters. The average molecular weight is 436 g/mol. The summed E-state index contributed by atoms with van der Waals surface area (Å²) in [6.07, 6.45) is 7.89. The monoisotopic (exact) mass is 435 g/mol. The van der Waals surface area contributed by atoms with E-state index >= 15 is 0 Å². The Balaban J connectivity index is 1.63. The van der Waals surface area contributed by atoms with Crippen LogP contribution in [0.5, 0.6) is 0 Å². The first-order valence-electron chi connectivity index (χ1n) is 10.4. The van der Waals surface area contributed by atoms with Gasteiger partial charge in [-0.15, -0.1) is 0 Å². The van der Waals surface area contributed by atoms with E-state index in [1.54, 1.807) is 36.4 Å². The predicted molar refractivity (Wildman–Crippen MR) is 123 cm³/mol. The average Bonchev–Trinajstić information content (AvgIpc) is 2.73. The summed E-state index contributed by atoms with van der Waals surface area (Å²) in [6.45, 7) is 0. The van der Waals surface area contributed by atoms with Crippen molar-refractivity contribution in [3.8, 4) is 23.0 Å². The molecule has 31 heavy (non-hydrogen) atoms. The van der Waals surface area contributed by atoms with Gasteiger partial charge in [-0.25, -0.2) is 8.42 Å². The van der Waals surface area contributed by atoms with Crippen molar-refractivity contribution < 1.29 is 12.8 Å². The molecule has 160 valence electrons. The minimum absolute atomic E-state index is 0.0342.